The fourth-order valence-corrected chi connectivity index (χ4v) is 3.42. The molecule has 1 unspecified atom stereocenters. The molecule has 0 bridgehead atoms. The highest BCUT2D eigenvalue weighted by atomic mass is 32.1. The predicted molar refractivity (Wildman–Crippen MR) is 86.4 cm³/mol. The van der Waals surface area contributed by atoms with Crippen molar-refractivity contribution in [2.24, 2.45) is 0 Å². The Kier molecular flexibility index (Phi) is 3.59. The van der Waals surface area contributed by atoms with Gasteiger partial charge in [0.05, 0.1) is 23.4 Å². The first-order valence-corrected chi connectivity index (χ1v) is 7.66. The van der Waals surface area contributed by atoms with Crippen molar-refractivity contribution < 1.29 is 9.15 Å². The zero-order chi connectivity index (χ0) is 15.0. The molecule has 21 heavy (non-hydrogen) atoms. The number of thiazole rings is 1. The third-order valence-corrected chi connectivity index (χ3v) is 4.43. The fraction of sp³-hybridized carbons (Fsp3) is 0.312. The summed E-state index contributed by atoms with van der Waals surface area (Å²) in [5, 5.41) is 4.35. The predicted octanol–water partition coefficient (Wildman–Crippen LogP) is 4.69. The lowest BCUT2D eigenvalue weighted by Gasteiger charge is -2.11. The molecule has 2 heterocycles. The summed E-state index contributed by atoms with van der Waals surface area (Å²) in [5.74, 6) is 2.74. The average Bonchev–Trinajstić information content (AvgIpc) is 2.99. The van der Waals surface area contributed by atoms with Crippen LogP contribution in [0.15, 0.2) is 28.7 Å². The van der Waals surface area contributed by atoms with Crippen molar-refractivity contribution in [3.8, 4) is 5.75 Å². The van der Waals surface area contributed by atoms with Crippen molar-refractivity contribution in [2.75, 3.05) is 12.4 Å². The summed E-state index contributed by atoms with van der Waals surface area (Å²) >= 11 is 1.63. The number of rotatable bonds is 4. The second-order valence-electron chi connectivity index (χ2n) is 5.09. The van der Waals surface area contributed by atoms with Crippen molar-refractivity contribution in [1.29, 1.82) is 0 Å². The number of anilines is 1. The van der Waals surface area contributed by atoms with Gasteiger partial charge in [0.2, 0.25) is 0 Å². The van der Waals surface area contributed by atoms with E-state index in [0.717, 1.165) is 32.6 Å². The minimum Gasteiger partial charge on any atom is -0.497 e. The monoisotopic (exact) mass is 302 g/mol. The number of hydrogen-bond acceptors (Lipinski definition) is 5. The summed E-state index contributed by atoms with van der Waals surface area (Å²) < 4.78 is 12.0. The molecule has 0 radical (unpaired) electrons. The molecule has 3 aromatic rings. The Labute approximate surface area is 127 Å². The molecule has 1 aromatic carbocycles. The zero-order valence-electron chi connectivity index (χ0n) is 12.6. The standard InChI is InChI=1S/C16H18N2O2S/c1-9-7-13(11(3)20-9)10(2)17-16-18-14-6-5-12(19-4)8-15(14)21-16/h5-8,10H,1-4H3,(H,17,18). The molecule has 0 saturated heterocycles. The summed E-state index contributed by atoms with van der Waals surface area (Å²) in [4.78, 5) is 4.61. The number of furan rings is 1. The minimum absolute atomic E-state index is 0.157. The number of fused-ring (bicyclic) bond motifs is 1. The van der Waals surface area contributed by atoms with Gasteiger partial charge in [0, 0.05) is 5.56 Å². The van der Waals surface area contributed by atoms with Gasteiger partial charge in [-0.15, -0.1) is 0 Å². The Morgan fingerprint density at radius 3 is 2.76 bits per heavy atom. The number of benzene rings is 1. The molecule has 3 rings (SSSR count). The van der Waals surface area contributed by atoms with E-state index >= 15 is 0 Å². The molecule has 0 amide bonds. The van der Waals surface area contributed by atoms with Gasteiger partial charge in [-0.3, -0.25) is 0 Å². The first kappa shape index (κ1) is 13.9. The third kappa shape index (κ3) is 2.74. The summed E-state index contributed by atoms with van der Waals surface area (Å²) in [6.07, 6.45) is 0. The van der Waals surface area contributed by atoms with Crippen molar-refractivity contribution in [3.05, 3.63) is 41.3 Å². The summed E-state index contributed by atoms with van der Waals surface area (Å²) in [6, 6.07) is 8.15. The largest absolute Gasteiger partial charge is 0.497 e. The van der Waals surface area contributed by atoms with E-state index in [-0.39, 0.29) is 6.04 Å². The van der Waals surface area contributed by atoms with E-state index in [9.17, 15) is 0 Å². The number of ether oxygens (including phenoxy) is 1. The van der Waals surface area contributed by atoms with E-state index in [1.54, 1.807) is 18.4 Å². The second kappa shape index (κ2) is 5.41. The lowest BCUT2D eigenvalue weighted by Crippen LogP contribution is -2.06. The van der Waals surface area contributed by atoms with Gasteiger partial charge in [0.25, 0.3) is 0 Å². The van der Waals surface area contributed by atoms with Crippen molar-refractivity contribution in [1.82, 2.24) is 4.98 Å². The lowest BCUT2D eigenvalue weighted by molar-refractivity contribution is 0.415. The Bertz CT molecular complexity index is 776. The molecule has 5 heteroatoms. The van der Waals surface area contributed by atoms with Crippen LogP contribution in [-0.2, 0) is 0 Å². The molecular weight excluding hydrogens is 284 g/mol. The molecule has 110 valence electrons. The summed E-state index contributed by atoms with van der Waals surface area (Å²) in [7, 11) is 1.67. The van der Waals surface area contributed by atoms with Crippen LogP contribution >= 0.6 is 11.3 Å². The second-order valence-corrected chi connectivity index (χ2v) is 6.12. The van der Waals surface area contributed by atoms with Crippen LogP contribution in [0.3, 0.4) is 0 Å². The Morgan fingerprint density at radius 2 is 2.10 bits per heavy atom. The van der Waals surface area contributed by atoms with E-state index < -0.39 is 0 Å². The van der Waals surface area contributed by atoms with Crippen LogP contribution in [0.1, 0.15) is 30.0 Å². The highest BCUT2D eigenvalue weighted by Gasteiger charge is 2.14. The molecule has 4 nitrogen and oxygen atoms in total. The summed E-state index contributed by atoms with van der Waals surface area (Å²) in [6.45, 7) is 6.07. The molecule has 0 aliphatic heterocycles. The van der Waals surface area contributed by atoms with E-state index in [0.29, 0.717) is 0 Å². The lowest BCUT2D eigenvalue weighted by atomic mass is 10.1. The number of nitrogens with one attached hydrogen (secondary N) is 1. The van der Waals surface area contributed by atoms with Crippen LogP contribution in [0.4, 0.5) is 5.13 Å². The topological polar surface area (TPSA) is 47.3 Å². The highest BCUT2D eigenvalue weighted by molar-refractivity contribution is 7.22. The number of nitrogens with zero attached hydrogens (tertiary/aromatic N) is 1. The smallest absolute Gasteiger partial charge is 0.184 e. The Morgan fingerprint density at radius 1 is 1.29 bits per heavy atom. The van der Waals surface area contributed by atoms with E-state index in [2.05, 4.69) is 23.3 Å². The first-order valence-electron chi connectivity index (χ1n) is 6.85. The fourth-order valence-electron chi connectivity index (χ4n) is 2.44. The molecule has 0 fully saturated rings. The molecule has 0 spiro atoms. The maximum atomic E-state index is 5.59. The maximum Gasteiger partial charge on any atom is 0.184 e. The van der Waals surface area contributed by atoms with Gasteiger partial charge in [-0.25, -0.2) is 4.98 Å². The van der Waals surface area contributed by atoms with Gasteiger partial charge in [-0.2, -0.15) is 0 Å². The maximum absolute atomic E-state index is 5.59. The van der Waals surface area contributed by atoms with Crippen LogP contribution < -0.4 is 10.1 Å². The van der Waals surface area contributed by atoms with Crippen LogP contribution in [0.2, 0.25) is 0 Å². The SMILES string of the molecule is COc1ccc2nc(NC(C)c3cc(C)oc3C)sc2c1. The normalized spacial score (nSPS) is 12.6. The molecule has 0 aliphatic carbocycles. The molecular formula is C16H18N2O2S. The van der Waals surface area contributed by atoms with Gasteiger partial charge in [0.1, 0.15) is 17.3 Å². The molecule has 1 N–H and O–H groups in total. The molecule has 0 saturated carbocycles. The van der Waals surface area contributed by atoms with Crippen molar-refractivity contribution >= 4 is 26.7 Å². The van der Waals surface area contributed by atoms with Gasteiger partial charge in [-0.1, -0.05) is 11.3 Å². The van der Waals surface area contributed by atoms with Gasteiger partial charge < -0.3 is 14.5 Å². The summed E-state index contributed by atoms with van der Waals surface area (Å²) in [5.41, 5.74) is 2.15. The van der Waals surface area contributed by atoms with Crippen molar-refractivity contribution in [2.45, 2.75) is 26.8 Å². The van der Waals surface area contributed by atoms with E-state index in [1.807, 2.05) is 32.0 Å². The molecule has 0 aliphatic rings. The molecule has 2 aromatic heterocycles. The van der Waals surface area contributed by atoms with Crippen LogP contribution in [-0.4, -0.2) is 12.1 Å². The highest BCUT2D eigenvalue weighted by Crippen LogP contribution is 2.32. The van der Waals surface area contributed by atoms with E-state index in [1.165, 1.54) is 5.56 Å². The number of aryl methyl sites for hydroxylation is 2. The average molecular weight is 302 g/mol. The zero-order valence-corrected chi connectivity index (χ0v) is 13.4. The van der Waals surface area contributed by atoms with Crippen LogP contribution in [0.25, 0.3) is 10.2 Å². The van der Waals surface area contributed by atoms with Gasteiger partial charge in [-0.05, 0) is 45.0 Å². The van der Waals surface area contributed by atoms with E-state index in [4.69, 9.17) is 9.15 Å². The van der Waals surface area contributed by atoms with Crippen LogP contribution in [0.5, 0.6) is 5.75 Å². The minimum atomic E-state index is 0.157. The third-order valence-electron chi connectivity index (χ3n) is 3.48. The Hall–Kier alpha value is -2.01. The van der Waals surface area contributed by atoms with Crippen molar-refractivity contribution in [3.63, 3.8) is 0 Å². The molecule has 1 atom stereocenters. The van der Waals surface area contributed by atoms with Gasteiger partial charge >= 0.3 is 0 Å². The number of aromatic nitrogens is 1. The number of hydrogen-bond donors (Lipinski definition) is 1. The number of methoxy groups -OCH3 is 1. The first-order chi connectivity index (χ1) is 10.1. The quantitative estimate of drug-likeness (QED) is 0.759. The van der Waals surface area contributed by atoms with Gasteiger partial charge in [0.15, 0.2) is 5.13 Å². The Balaban J connectivity index is 1.85. The van der Waals surface area contributed by atoms with Crippen LogP contribution in [0, 0.1) is 13.8 Å².